The molecule has 0 saturated heterocycles. The summed E-state index contributed by atoms with van der Waals surface area (Å²) in [4.78, 5) is 20.1. The summed E-state index contributed by atoms with van der Waals surface area (Å²) in [5, 5.41) is 7.98. The van der Waals surface area contributed by atoms with Crippen molar-refractivity contribution in [2.45, 2.75) is 6.92 Å². The first-order valence-electron chi connectivity index (χ1n) is 2.18. The van der Waals surface area contributed by atoms with Crippen molar-refractivity contribution in [2.75, 3.05) is 6.16 Å². The van der Waals surface area contributed by atoms with Crippen molar-refractivity contribution in [3.8, 4) is 0 Å². The molecule has 0 radical (unpaired) electrons. The maximum atomic E-state index is 10.3. The predicted octanol–water partition coefficient (Wildman–Crippen LogP) is -0.350. The predicted molar refractivity (Wildman–Crippen MR) is 31.2 cm³/mol. The maximum Gasteiger partial charge on any atom is 0.370 e. The molecule has 0 fully saturated rings. The van der Waals surface area contributed by atoms with Crippen molar-refractivity contribution >= 4 is 19.5 Å². The summed E-state index contributed by atoms with van der Waals surface area (Å²) in [7, 11) is -1.59. The average molecular weight is 134 g/mol. The second kappa shape index (κ2) is 3.58. The molecule has 0 heterocycles. The Labute approximate surface area is 48.4 Å². The van der Waals surface area contributed by atoms with Gasteiger partial charge in [0.1, 0.15) is 0 Å². The molecule has 0 aliphatic rings. The highest BCUT2D eigenvalue weighted by atomic mass is 31.1. The van der Waals surface area contributed by atoms with Gasteiger partial charge in [0.25, 0.3) is 0 Å². The lowest BCUT2D eigenvalue weighted by molar-refractivity contribution is -0.152. The summed E-state index contributed by atoms with van der Waals surface area (Å²) in [5.41, 5.74) is 0. The van der Waals surface area contributed by atoms with Crippen LogP contribution in [0.1, 0.15) is 6.92 Å². The molecule has 8 heavy (non-hydrogen) atoms. The van der Waals surface area contributed by atoms with Gasteiger partial charge >= 0.3 is 5.97 Å². The van der Waals surface area contributed by atoms with E-state index in [0.717, 1.165) is 5.80 Å². The second-order valence-electron chi connectivity index (χ2n) is 1.20. The van der Waals surface area contributed by atoms with Gasteiger partial charge in [-0.05, 0) is 6.92 Å². The summed E-state index contributed by atoms with van der Waals surface area (Å²) in [6.45, 7) is 1.68. The van der Waals surface area contributed by atoms with Gasteiger partial charge in [-0.15, -0.1) is 0 Å². The van der Waals surface area contributed by atoms with Crippen LogP contribution in [0.15, 0.2) is 0 Å². The smallest absolute Gasteiger partial charge is 0.370 e. The Kier molecular flexibility index (Phi) is 3.40. The molecule has 46 valence electrons. The number of carboxylic acids is 1. The Morgan fingerprint density at radius 1 is 2.00 bits per heavy atom. The van der Waals surface area contributed by atoms with Crippen molar-refractivity contribution in [3.63, 3.8) is 0 Å². The van der Waals surface area contributed by atoms with Crippen molar-refractivity contribution in [2.24, 2.45) is 0 Å². The summed E-state index contributed by atoms with van der Waals surface area (Å²) in [5.74, 6) is -0.289. The van der Waals surface area contributed by atoms with Crippen molar-refractivity contribution in [1.29, 1.82) is 0 Å². The number of carboxylic acid groups (broad SMARTS) is 1. The van der Waals surface area contributed by atoms with Gasteiger partial charge in [-0.2, -0.15) is 0 Å². The molecule has 0 rings (SSSR count). The molecule has 0 aromatic heterocycles. The number of aliphatic carboxylic acids is 1. The van der Waals surface area contributed by atoms with Gasteiger partial charge in [-0.25, -0.2) is 4.79 Å². The summed E-state index contributed by atoms with van der Waals surface area (Å²) >= 11 is 0. The van der Waals surface area contributed by atoms with Crippen LogP contribution in [-0.4, -0.2) is 23.0 Å². The van der Waals surface area contributed by atoms with Crippen LogP contribution in [-0.2, 0) is 4.79 Å². The number of rotatable bonds is 2. The molecule has 1 unspecified atom stereocenters. The molecule has 3 nitrogen and oxygen atoms in total. The van der Waals surface area contributed by atoms with Gasteiger partial charge in [0.05, 0.1) is 13.9 Å². The molecular formula is C4H7O3P. The van der Waals surface area contributed by atoms with Crippen LogP contribution in [0.5, 0.6) is 0 Å². The van der Waals surface area contributed by atoms with Gasteiger partial charge in [-0.1, -0.05) is 0 Å². The lowest BCUT2D eigenvalue weighted by Gasteiger charge is -1.86. The lowest BCUT2D eigenvalue weighted by Crippen LogP contribution is -2.00. The zero-order chi connectivity index (χ0) is 6.57. The van der Waals surface area contributed by atoms with Crippen LogP contribution < -0.4 is 4.89 Å². The second-order valence-corrected chi connectivity index (χ2v) is 2.93. The third kappa shape index (κ3) is 3.78. The van der Waals surface area contributed by atoms with Gasteiger partial charge in [0, 0.05) is 0 Å². The SMILES string of the molecule is CC[P+]([O-])=CC(=O)O. The highest BCUT2D eigenvalue weighted by molar-refractivity contribution is 7.51. The fourth-order valence-electron chi connectivity index (χ4n) is 0.214. The summed E-state index contributed by atoms with van der Waals surface area (Å²) in [6.07, 6.45) is 0.404. The zero-order valence-electron chi connectivity index (χ0n) is 4.50. The lowest BCUT2D eigenvalue weighted by atomic mass is 10.8. The molecule has 4 heteroatoms. The zero-order valence-corrected chi connectivity index (χ0v) is 5.39. The van der Waals surface area contributed by atoms with Gasteiger partial charge in [0.2, 0.25) is 0 Å². The van der Waals surface area contributed by atoms with Gasteiger partial charge < -0.3 is 10.00 Å². The van der Waals surface area contributed by atoms with Crippen LogP contribution in [0, 0.1) is 0 Å². The van der Waals surface area contributed by atoms with E-state index in [1.54, 1.807) is 6.92 Å². The van der Waals surface area contributed by atoms with Gasteiger partial charge in [0.15, 0.2) is 5.80 Å². The first-order valence-corrected chi connectivity index (χ1v) is 3.69. The van der Waals surface area contributed by atoms with E-state index in [-0.39, 0.29) is 0 Å². The van der Waals surface area contributed by atoms with Crippen molar-refractivity contribution < 1.29 is 14.8 Å². The molecule has 1 N–H and O–H groups in total. The van der Waals surface area contributed by atoms with E-state index in [9.17, 15) is 9.69 Å². The molecule has 0 aliphatic carbocycles. The average Bonchev–Trinajstić information content (AvgIpc) is 1.65. The van der Waals surface area contributed by atoms with Crippen molar-refractivity contribution in [1.82, 2.24) is 0 Å². The molecular weight excluding hydrogens is 127 g/mol. The maximum absolute atomic E-state index is 10.3. The summed E-state index contributed by atoms with van der Waals surface area (Å²) in [6, 6.07) is 0. The normalized spacial score (nSPS) is 11.5. The topological polar surface area (TPSA) is 60.4 Å². The molecule has 0 amide bonds. The molecule has 0 aromatic rings. The van der Waals surface area contributed by atoms with E-state index >= 15 is 0 Å². The molecule has 0 aliphatic heterocycles. The first kappa shape index (κ1) is 7.60. The highest BCUT2D eigenvalue weighted by Gasteiger charge is 1.94. The minimum atomic E-state index is -1.59. The van der Waals surface area contributed by atoms with Gasteiger partial charge in [-0.3, -0.25) is 0 Å². The first-order chi connectivity index (χ1) is 3.66. The molecule has 0 saturated carbocycles. The van der Waals surface area contributed by atoms with E-state index < -0.39 is 13.7 Å². The van der Waals surface area contributed by atoms with E-state index in [0.29, 0.717) is 6.16 Å². The Bertz CT molecular complexity index is 118. The van der Waals surface area contributed by atoms with E-state index in [1.165, 1.54) is 0 Å². The standard InChI is InChI=1S/C4H7O3P/c1-2-8(7)3-4(5)6/h3H,2H2,1H3,(H,5,6). The largest absolute Gasteiger partial charge is 0.630 e. The third-order valence-electron chi connectivity index (χ3n) is 0.566. The Morgan fingerprint density at radius 3 is 2.62 bits per heavy atom. The minimum absolute atomic E-state index is 0.404. The fourth-order valence-corrected chi connectivity index (χ4v) is 0.643. The Hall–Kier alpha value is -0.400. The molecule has 1 atom stereocenters. The minimum Gasteiger partial charge on any atom is -0.630 e. The van der Waals surface area contributed by atoms with Crippen LogP contribution in [0.2, 0.25) is 0 Å². The van der Waals surface area contributed by atoms with E-state index in [1.807, 2.05) is 0 Å². The number of hydrogen-bond acceptors (Lipinski definition) is 2. The third-order valence-corrected chi connectivity index (χ3v) is 1.70. The number of hydrogen-bond donors (Lipinski definition) is 1. The molecule has 0 spiro atoms. The van der Waals surface area contributed by atoms with Crippen LogP contribution in [0.25, 0.3) is 0 Å². The molecule has 0 bridgehead atoms. The van der Waals surface area contributed by atoms with Crippen molar-refractivity contribution in [3.05, 3.63) is 0 Å². The summed E-state index contributed by atoms with van der Waals surface area (Å²) < 4.78 is 0. The Balaban J connectivity index is 3.75. The number of carbonyl (C=O) groups is 1. The van der Waals surface area contributed by atoms with Crippen LogP contribution in [0.4, 0.5) is 0 Å². The quantitative estimate of drug-likeness (QED) is 0.525. The van der Waals surface area contributed by atoms with Crippen LogP contribution >= 0.6 is 7.77 Å². The van der Waals surface area contributed by atoms with E-state index in [2.05, 4.69) is 0 Å². The van der Waals surface area contributed by atoms with Crippen LogP contribution in [0.3, 0.4) is 0 Å². The highest BCUT2D eigenvalue weighted by Crippen LogP contribution is 2.05. The monoisotopic (exact) mass is 134 g/mol. The van der Waals surface area contributed by atoms with E-state index in [4.69, 9.17) is 5.11 Å². The molecule has 0 aromatic carbocycles. The Morgan fingerprint density at radius 2 is 2.50 bits per heavy atom. The fraction of sp³-hybridized carbons (Fsp3) is 0.500.